The van der Waals surface area contributed by atoms with Crippen molar-refractivity contribution < 1.29 is 14.2 Å². The second-order valence-electron chi connectivity index (χ2n) is 5.75. The first-order valence-corrected chi connectivity index (χ1v) is 9.64. The van der Waals surface area contributed by atoms with Gasteiger partial charge in [0.15, 0.2) is 10.1 Å². The molecule has 4 rings (SSSR count). The van der Waals surface area contributed by atoms with Crippen LogP contribution in [0.4, 0.5) is 0 Å². The maximum atomic E-state index is 6.35. The van der Waals surface area contributed by atoms with Crippen molar-refractivity contribution in [1.82, 2.24) is 0 Å². The van der Waals surface area contributed by atoms with Crippen LogP contribution in [0.1, 0.15) is 17.5 Å². The van der Waals surface area contributed by atoms with Gasteiger partial charge in [0.2, 0.25) is 0 Å². The number of thiophene rings is 2. The van der Waals surface area contributed by atoms with E-state index in [-0.39, 0.29) is 0 Å². The number of hydrogen-bond donors (Lipinski definition) is 0. The topological polar surface area (TPSA) is 27.7 Å². The summed E-state index contributed by atoms with van der Waals surface area (Å²) in [6.07, 6.45) is 2.36. The summed E-state index contributed by atoms with van der Waals surface area (Å²) in [4.78, 5) is 0. The van der Waals surface area contributed by atoms with Gasteiger partial charge in [-0.1, -0.05) is 12.1 Å². The summed E-state index contributed by atoms with van der Waals surface area (Å²) in [5.41, 5.74) is 2.49. The molecule has 0 saturated heterocycles. The van der Waals surface area contributed by atoms with Gasteiger partial charge in [0, 0.05) is 6.42 Å². The molecule has 3 nitrogen and oxygen atoms in total. The molecule has 24 heavy (non-hydrogen) atoms. The Morgan fingerprint density at radius 2 is 1.62 bits per heavy atom. The van der Waals surface area contributed by atoms with Crippen LogP contribution in [0, 0.1) is 0 Å². The van der Waals surface area contributed by atoms with E-state index >= 15 is 0 Å². The van der Waals surface area contributed by atoms with Gasteiger partial charge in [-0.15, -0.1) is 22.7 Å². The number of benzene rings is 1. The Labute approximate surface area is 149 Å². The number of rotatable bonds is 5. The molecule has 0 saturated carbocycles. The van der Waals surface area contributed by atoms with Crippen LogP contribution in [0.3, 0.4) is 0 Å². The van der Waals surface area contributed by atoms with Gasteiger partial charge in [0.1, 0.15) is 5.75 Å². The molecular formula is C19H18O3S2. The second-order valence-corrected chi connectivity index (χ2v) is 7.57. The van der Waals surface area contributed by atoms with Crippen molar-refractivity contribution in [2.24, 2.45) is 0 Å². The van der Waals surface area contributed by atoms with Crippen molar-refractivity contribution >= 4 is 22.7 Å². The highest BCUT2D eigenvalue weighted by Gasteiger charge is 2.40. The summed E-state index contributed by atoms with van der Waals surface area (Å²) in [6, 6.07) is 14.2. The minimum absolute atomic E-state index is 0.672. The summed E-state index contributed by atoms with van der Waals surface area (Å²) >= 11 is 3.19. The lowest BCUT2D eigenvalue weighted by Gasteiger charge is -2.37. The van der Waals surface area contributed by atoms with E-state index in [4.69, 9.17) is 14.2 Å². The van der Waals surface area contributed by atoms with E-state index in [9.17, 15) is 0 Å². The second kappa shape index (κ2) is 6.49. The van der Waals surface area contributed by atoms with E-state index < -0.39 is 5.79 Å². The normalized spacial score (nSPS) is 15.5. The summed E-state index contributed by atoms with van der Waals surface area (Å²) in [5.74, 6) is 0.281. The average molecular weight is 358 g/mol. The lowest BCUT2D eigenvalue weighted by molar-refractivity contribution is -0.118. The quantitative estimate of drug-likeness (QED) is 0.590. The molecule has 5 heteroatoms. The van der Waals surface area contributed by atoms with Crippen LogP contribution in [0.15, 0.2) is 53.2 Å². The predicted octanol–water partition coefficient (Wildman–Crippen LogP) is 5.16. The highest BCUT2D eigenvalue weighted by atomic mass is 32.1. The van der Waals surface area contributed by atoms with E-state index in [1.807, 2.05) is 47.2 Å². The lowest BCUT2D eigenvalue weighted by atomic mass is 9.86. The first-order valence-electron chi connectivity index (χ1n) is 7.88. The Bertz CT molecular complexity index is 758. The maximum Gasteiger partial charge on any atom is 0.257 e. The Morgan fingerprint density at radius 3 is 2.21 bits per heavy atom. The first-order chi connectivity index (χ1) is 11.8. The van der Waals surface area contributed by atoms with Crippen molar-refractivity contribution in [2.45, 2.75) is 25.0 Å². The first kappa shape index (κ1) is 15.5. The SMILES string of the molecule is COc1cccc2c1CCC(Oc1cccs1)(Oc1cccs1)C2. The summed E-state index contributed by atoms with van der Waals surface area (Å²) in [7, 11) is 1.72. The zero-order valence-electron chi connectivity index (χ0n) is 13.4. The molecular weight excluding hydrogens is 340 g/mol. The molecule has 0 unspecified atom stereocenters. The molecule has 0 fully saturated rings. The molecule has 0 amide bonds. The highest BCUT2D eigenvalue weighted by molar-refractivity contribution is 7.12. The van der Waals surface area contributed by atoms with Gasteiger partial charge in [0.05, 0.1) is 13.5 Å². The standard InChI is InChI=1S/C19H18O3S2/c1-20-16-6-2-5-14-13-19(10-9-15(14)16,21-17-7-3-11-23-17)22-18-8-4-12-24-18/h2-8,11-12H,9-10,13H2,1H3. The fraction of sp³-hybridized carbons (Fsp3) is 0.263. The van der Waals surface area contributed by atoms with Crippen molar-refractivity contribution in [3.05, 3.63) is 64.4 Å². The third kappa shape index (κ3) is 3.01. The minimum atomic E-state index is -0.672. The Hall–Kier alpha value is -1.98. The number of ether oxygens (including phenoxy) is 3. The molecule has 0 radical (unpaired) electrons. The van der Waals surface area contributed by atoms with E-state index in [0.717, 1.165) is 28.7 Å². The van der Waals surface area contributed by atoms with Crippen molar-refractivity contribution in [2.75, 3.05) is 7.11 Å². The van der Waals surface area contributed by atoms with E-state index in [0.29, 0.717) is 6.42 Å². The zero-order chi connectivity index (χ0) is 16.4. The van der Waals surface area contributed by atoms with Gasteiger partial charge in [0.25, 0.3) is 5.79 Å². The highest BCUT2D eigenvalue weighted by Crippen LogP contribution is 2.39. The van der Waals surface area contributed by atoms with Crippen molar-refractivity contribution in [1.29, 1.82) is 0 Å². The third-order valence-electron chi connectivity index (χ3n) is 4.23. The fourth-order valence-electron chi connectivity index (χ4n) is 3.15. The molecule has 0 N–H and O–H groups in total. The molecule has 3 aromatic rings. The van der Waals surface area contributed by atoms with Crippen LogP contribution in [0.2, 0.25) is 0 Å². The van der Waals surface area contributed by atoms with Crippen LogP contribution in [0.25, 0.3) is 0 Å². The molecule has 0 aliphatic heterocycles. The Kier molecular flexibility index (Phi) is 4.21. The molecule has 0 spiro atoms. The maximum absolute atomic E-state index is 6.35. The van der Waals surface area contributed by atoms with Gasteiger partial charge in [-0.2, -0.15) is 0 Å². The molecule has 1 aliphatic carbocycles. The molecule has 1 aliphatic rings. The Balaban J connectivity index is 1.68. The monoisotopic (exact) mass is 358 g/mol. The predicted molar refractivity (Wildman–Crippen MR) is 97.6 cm³/mol. The summed E-state index contributed by atoms with van der Waals surface area (Å²) in [5, 5.41) is 5.82. The van der Waals surface area contributed by atoms with Crippen LogP contribution >= 0.6 is 22.7 Å². The smallest absolute Gasteiger partial charge is 0.257 e. The molecule has 1 aromatic carbocycles. The Morgan fingerprint density at radius 1 is 0.917 bits per heavy atom. The van der Waals surface area contributed by atoms with Gasteiger partial charge in [-0.05, 0) is 58.6 Å². The van der Waals surface area contributed by atoms with Gasteiger partial charge in [-0.25, -0.2) is 0 Å². The van der Waals surface area contributed by atoms with Gasteiger partial charge in [-0.3, -0.25) is 0 Å². The number of hydrogen-bond acceptors (Lipinski definition) is 5. The summed E-state index contributed by atoms with van der Waals surface area (Å²) in [6.45, 7) is 0. The molecule has 0 bridgehead atoms. The zero-order valence-corrected chi connectivity index (χ0v) is 15.0. The van der Waals surface area contributed by atoms with E-state index in [1.54, 1.807) is 29.8 Å². The third-order valence-corrected chi connectivity index (χ3v) is 5.72. The fourth-order valence-corrected chi connectivity index (χ4v) is 4.45. The van der Waals surface area contributed by atoms with E-state index in [2.05, 4.69) is 6.07 Å². The van der Waals surface area contributed by atoms with Crippen LogP contribution in [0.5, 0.6) is 15.9 Å². The lowest BCUT2D eigenvalue weighted by Crippen LogP contribution is -2.47. The van der Waals surface area contributed by atoms with Gasteiger partial charge >= 0.3 is 0 Å². The van der Waals surface area contributed by atoms with E-state index in [1.165, 1.54) is 11.1 Å². The number of fused-ring (bicyclic) bond motifs is 1. The largest absolute Gasteiger partial charge is 0.496 e. The van der Waals surface area contributed by atoms with Crippen LogP contribution < -0.4 is 14.2 Å². The van der Waals surface area contributed by atoms with Gasteiger partial charge < -0.3 is 14.2 Å². The van der Waals surface area contributed by atoms with Crippen LogP contribution in [-0.4, -0.2) is 12.9 Å². The molecule has 0 atom stereocenters. The molecule has 2 heterocycles. The minimum Gasteiger partial charge on any atom is -0.496 e. The van der Waals surface area contributed by atoms with Crippen molar-refractivity contribution in [3.63, 3.8) is 0 Å². The summed E-state index contributed by atoms with van der Waals surface area (Å²) < 4.78 is 18.2. The molecule has 124 valence electrons. The number of methoxy groups -OCH3 is 1. The molecule has 2 aromatic heterocycles. The van der Waals surface area contributed by atoms with Crippen LogP contribution in [-0.2, 0) is 12.8 Å². The average Bonchev–Trinajstić information content (AvgIpc) is 3.28. The van der Waals surface area contributed by atoms with Crippen molar-refractivity contribution in [3.8, 4) is 15.9 Å².